The van der Waals surface area contributed by atoms with Gasteiger partial charge in [0.15, 0.2) is 0 Å². The van der Waals surface area contributed by atoms with Crippen LogP contribution in [0.4, 0.5) is 4.79 Å². The van der Waals surface area contributed by atoms with Gasteiger partial charge in [0.1, 0.15) is 0 Å². The van der Waals surface area contributed by atoms with E-state index in [9.17, 15) is 13.2 Å². The van der Waals surface area contributed by atoms with Gasteiger partial charge >= 0.3 is 16.4 Å². The predicted octanol–water partition coefficient (Wildman–Crippen LogP) is -1.70. The Labute approximate surface area is 69.8 Å². The van der Waals surface area contributed by atoms with Crippen molar-refractivity contribution in [2.24, 2.45) is 5.73 Å². The quantitative estimate of drug-likeness (QED) is 0.455. The number of carbonyl (C=O) groups is 1. The van der Waals surface area contributed by atoms with E-state index in [0.717, 1.165) is 0 Å². The number of amides is 1. The highest BCUT2D eigenvalue weighted by Gasteiger charge is 2.12. The van der Waals surface area contributed by atoms with Gasteiger partial charge in [-0.25, -0.2) is 4.79 Å². The fourth-order valence-electron chi connectivity index (χ4n) is 0.414. The van der Waals surface area contributed by atoms with Crippen LogP contribution in [0.25, 0.3) is 0 Å². The van der Waals surface area contributed by atoms with Crippen LogP contribution in [0.5, 0.6) is 0 Å². The minimum Gasteiger partial charge on any atom is -0.396 e. The zero-order chi connectivity index (χ0) is 9.61. The van der Waals surface area contributed by atoms with Crippen LogP contribution in [-0.4, -0.2) is 32.8 Å². The third-order valence-corrected chi connectivity index (χ3v) is 1.75. The Morgan fingerprint density at radius 3 is 2.58 bits per heavy atom. The van der Waals surface area contributed by atoms with Crippen molar-refractivity contribution < 1.29 is 22.5 Å². The number of primary amides is 1. The van der Waals surface area contributed by atoms with E-state index < -0.39 is 16.4 Å². The van der Waals surface area contributed by atoms with Gasteiger partial charge in [-0.1, -0.05) is 0 Å². The van der Waals surface area contributed by atoms with E-state index in [2.05, 4.69) is 9.92 Å². The van der Waals surface area contributed by atoms with Crippen molar-refractivity contribution in [2.75, 3.05) is 13.2 Å². The Hall–Kier alpha value is -0.860. The molecule has 0 aliphatic rings. The van der Waals surface area contributed by atoms with Crippen LogP contribution in [0.3, 0.4) is 0 Å². The molecular weight excluding hydrogens is 188 g/mol. The second-order valence-corrected chi connectivity index (χ2v) is 3.19. The van der Waals surface area contributed by atoms with Gasteiger partial charge in [-0.05, 0) is 6.42 Å². The summed E-state index contributed by atoms with van der Waals surface area (Å²) in [6.07, 6.45) is -1.16. The zero-order valence-corrected chi connectivity index (χ0v) is 7.00. The Kier molecular flexibility index (Phi) is 4.55. The molecule has 0 radical (unpaired) electrons. The van der Waals surface area contributed by atoms with Crippen molar-refractivity contribution in [3.05, 3.63) is 0 Å². The smallest absolute Gasteiger partial charge is 0.396 e. The van der Waals surface area contributed by atoms with Crippen molar-refractivity contribution in [3.8, 4) is 0 Å². The number of nitrogens with one attached hydrogen (secondary N) is 1. The number of hydrogen-bond acceptors (Lipinski definition) is 5. The molecule has 1 amide bonds. The van der Waals surface area contributed by atoms with E-state index in [1.807, 2.05) is 4.72 Å². The summed E-state index contributed by atoms with van der Waals surface area (Å²) in [6.45, 7) is -0.162. The molecule has 4 N–H and O–H groups in total. The maximum Gasteiger partial charge on any atom is 0.421 e. The average molecular weight is 198 g/mol. The molecule has 0 unspecified atom stereocenters. The summed E-state index contributed by atoms with van der Waals surface area (Å²) in [5.41, 5.74) is 4.45. The van der Waals surface area contributed by atoms with Crippen molar-refractivity contribution in [3.63, 3.8) is 0 Å². The highest BCUT2D eigenvalue weighted by molar-refractivity contribution is 7.85. The molecule has 0 rings (SSSR count). The van der Waals surface area contributed by atoms with E-state index in [1.54, 1.807) is 0 Å². The Morgan fingerprint density at radius 2 is 2.17 bits per heavy atom. The van der Waals surface area contributed by atoms with Crippen LogP contribution in [0.2, 0.25) is 0 Å². The van der Waals surface area contributed by atoms with Gasteiger partial charge in [0.05, 0.1) is 0 Å². The monoisotopic (exact) mass is 198 g/mol. The molecule has 0 aromatic rings. The first-order chi connectivity index (χ1) is 5.48. The number of carbonyl (C=O) groups excluding carboxylic acids is 1. The fourth-order valence-corrected chi connectivity index (χ4v) is 1.08. The Bertz CT molecular complexity index is 236. The first-order valence-electron chi connectivity index (χ1n) is 3.07. The van der Waals surface area contributed by atoms with Gasteiger partial charge in [-0.3, -0.25) is 0 Å². The molecule has 0 fully saturated rings. The van der Waals surface area contributed by atoms with E-state index in [0.29, 0.717) is 0 Å². The number of rotatable bonds is 5. The average Bonchev–Trinajstić information content (AvgIpc) is 1.84. The summed E-state index contributed by atoms with van der Waals surface area (Å²) >= 11 is 0. The lowest BCUT2D eigenvalue weighted by Crippen LogP contribution is -2.31. The van der Waals surface area contributed by atoms with Crippen LogP contribution in [0, 0.1) is 0 Å². The van der Waals surface area contributed by atoms with Gasteiger partial charge in [0.25, 0.3) is 0 Å². The largest absolute Gasteiger partial charge is 0.421 e. The second-order valence-electron chi connectivity index (χ2n) is 1.83. The predicted molar refractivity (Wildman–Crippen MR) is 39.3 cm³/mol. The van der Waals surface area contributed by atoms with E-state index in [1.165, 1.54) is 0 Å². The normalized spacial score (nSPS) is 11.1. The molecule has 0 saturated carbocycles. The van der Waals surface area contributed by atoms with Crippen LogP contribution >= 0.6 is 0 Å². The van der Waals surface area contributed by atoms with Gasteiger partial charge in [0.2, 0.25) is 0 Å². The topological polar surface area (TPSA) is 119 Å². The molecule has 0 bridgehead atoms. The van der Waals surface area contributed by atoms with Crippen LogP contribution in [-0.2, 0) is 14.5 Å². The molecule has 0 aliphatic heterocycles. The van der Waals surface area contributed by atoms with E-state index in [-0.39, 0.29) is 19.6 Å². The first-order valence-corrected chi connectivity index (χ1v) is 4.48. The molecule has 7 nitrogen and oxygen atoms in total. The summed E-state index contributed by atoms with van der Waals surface area (Å²) < 4.78 is 26.8. The molecule has 8 heteroatoms. The molecule has 0 aliphatic carbocycles. The SMILES string of the molecule is NC(=O)OS(=O)(=O)NCCCO. The minimum atomic E-state index is -4.09. The van der Waals surface area contributed by atoms with Crippen molar-refractivity contribution in [1.29, 1.82) is 0 Å². The minimum absolute atomic E-state index is 0.00782. The highest BCUT2D eigenvalue weighted by Crippen LogP contribution is 1.87. The summed E-state index contributed by atoms with van der Waals surface area (Å²) in [6, 6.07) is 0. The fraction of sp³-hybridized carbons (Fsp3) is 0.750. The van der Waals surface area contributed by atoms with Crippen molar-refractivity contribution in [1.82, 2.24) is 4.72 Å². The Morgan fingerprint density at radius 1 is 1.58 bits per heavy atom. The van der Waals surface area contributed by atoms with Crippen LogP contribution in [0.15, 0.2) is 0 Å². The number of nitrogens with two attached hydrogens (primary N) is 1. The molecule has 12 heavy (non-hydrogen) atoms. The Balaban J connectivity index is 3.81. The third-order valence-electron chi connectivity index (χ3n) is 0.806. The molecule has 0 atom stereocenters. The second kappa shape index (κ2) is 4.91. The lowest BCUT2D eigenvalue weighted by Gasteiger charge is -2.02. The van der Waals surface area contributed by atoms with Gasteiger partial charge < -0.3 is 15.0 Å². The van der Waals surface area contributed by atoms with Crippen molar-refractivity contribution >= 4 is 16.4 Å². The number of aliphatic hydroxyl groups excluding tert-OH is 1. The third kappa shape index (κ3) is 5.89. The van der Waals surface area contributed by atoms with Crippen LogP contribution in [0.1, 0.15) is 6.42 Å². The van der Waals surface area contributed by atoms with E-state index >= 15 is 0 Å². The lowest BCUT2D eigenvalue weighted by molar-refractivity contribution is 0.211. The number of aliphatic hydroxyl groups is 1. The number of hydrogen-bond donors (Lipinski definition) is 3. The van der Waals surface area contributed by atoms with E-state index in [4.69, 9.17) is 5.11 Å². The first kappa shape index (κ1) is 11.1. The molecule has 72 valence electrons. The van der Waals surface area contributed by atoms with Crippen molar-refractivity contribution in [2.45, 2.75) is 6.42 Å². The molecule has 0 heterocycles. The summed E-state index contributed by atoms with van der Waals surface area (Å²) in [4.78, 5) is 9.98. The standard InChI is InChI=1S/C4H10N2O5S/c5-4(8)11-12(9,10)6-2-1-3-7/h6-7H,1-3H2,(H2,5,8). The summed E-state index contributed by atoms with van der Waals surface area (Å²) in [5.74, 6) is 0. The molecule has 0 spiro atoms. The highest BCUT2D eigenvalue weighted by atomic mass is 32.2. The molecule has 0 saturated heterocycles. The lowest BCUT2D eigenvalue weighted by atomic mass is 10.5. The molecular formula is C4H10N2O5S. The maximum atomic E-state index is 10.6. The molecule has 0 aromatic heterocycles. The molecule has 0 aromatic carbocycles. The zero-order valence-electron chi connectivity index (χ0n) is 6.19. The van der Waals surface area contributed by atoms with Gasteiger partial charge in [-0.2, -0.15) is 13.1 Å². The van der Waals surface area contributed by atoms with Gasteiger partial charge in [-0.15, -0.1) is 0 Å². The summed E-state index contributed by atoms with van der Waals surface area (Å²) in [7, 11) is -4.09. The maximum absolute atomic E-state index is 10.6. The van der Waals surface area contributed by atoms with Gasteiger partial charge in [0, 0.05) is 13.2 Å². The summed E-state index contributed by atoms with van der Waals surface area (Å²) in [5, 5.41) is 8.28. The van der Waals surface area contributed by atoms with Crippen LogP contribution < -0.4 is 10.5 Å².